The number of benzene rings is 2. The molecule has 0 saturated carbocycles. The molecule has 0 unspecified atom stereocenters. The number of esters is 1. The molecule has 3 rings (SSSR count). The molecule has 1 heterocycles. The molecular formula is C19H21NO2. The molecule has 2 aromatic carbocycles. The van der Waals surface area contributed by atoms with Crippen LogP contribution in [0.2, 0.25) is 0 Å². The molecule has 1 aliphatic heterocycles. The number of carbonyl (C=O) groups excluding carboxylic acids is 1. The number of carbonyl (C=O) groups is 1. The van der Waals surface area contributed by atoms with Crippen molar-refractivity contribution in [2.24, 2.45) is 0 Å². The largest absolute Gasteiger partial charge is 0.465 e. The SMILES string of the molecule is COC(=O)c1ccc([C@@H]2C[C@H](c3ccccc3)CCN2)cc1. The van der Waals surface area contributed by atoms with Gasteiger partial charge in [0.25, 0.3) is 0 Å². The van der Waals surface area contributed by atoms with Gasteiger partial charge in [0.2, 0.25) is 0 Å². The molecule has 1 aliphatic rings. The third kappa shape index (κ3) is 3.20. The van der Waals surface area contributed by atoms with Gasteiger partial charge in [0.1, 0.15) is 0 Å². The molecule has 1 N–H and O–H groups in total. The maximum Gasteiger partial charge on any atom is 0.337 e. The van der Waals surface area contributed by atoms with Crippen LogP contribution in [0.4, 0.5) is 0 Å². The maximum absolute atomic E-state index is 11.5. The van der Waals surface area contributed by atoms with Crippen LogP contribution in [0.15, 0.2) is 54.6 Å². The van der Waals surface area contributed by atoms with E-state index in [2.05, 4.69) is 35.6 Å². The van der Waals surface area contributed by atoms with E-state index >= 15 is 0 Å². The van der Waals surface area contributed by atoms with Gasteiger partial charge in [0.15, 0.2) is 0 Å². The van der Waals surface area contributed by atoms with Crippen LogP contribution in [-0.2, 0) is 4.74 Å². The highest BCUT2D eigenvalue weighted by Crippen LogP contribution is 2.34. The van der Waals surface area contributed by atoms with Crippen LogP contribution in [0.1, 0.15) is 46.3 Å². The van der Waals surface area contributed by atoms with Crippen molar-refractivity contribution < 1.29 is 9.53 Å². The highest BCUT2D eigenvalue weighted by Gasteiger charge is 2.23. The lowest BCUT2D eigenvalue weighted by molar-refractivity contribution is 0.0600. The maximum atomic E-state index is 11.5. The Bertz CT molecular complexity index is 622. The van der Waals surface area contributed by atoms with Crippen LogP contribution in [0.25, 0.3) is 0 Å². The highest BCUT2D eigenvalue weighted by molar-refractivity contribution is 5.89. The van der Waals surface area contributed by atoms with Crippen LogP contribution in [-0.4, -0.2) is 19.6 Å². The molecule has 2 atom stereocenters. The van der Waals surface area contributed by atoms with Gasteiger partial charge in [-0.1, -0.05) is 42.5 Å². The van der Waals surface area contributed by atoms with Gasteiger partial charge in [-0.15, -0.1) is 0 Å². The molecule has 2 aromatic rings. The molecule has 0 bridgehead atoms. The summed E-state index contributed by atoms with van der Waals surface area (Å²) in [5.74, 6) is 0.304. The topological polar surface area (TPSA) is 38.3 Å². The summed E-state index contributed by atoms with van der Waals surface area (Å²) in [7, 11) is 1.41. The highest BCUT2D eigenvalue weighted by atomic mass is 16.5. The van der Waals surface area contributed by atoms with Gasteiger partial charge in [0.05, 0.1) is 12.7 Å². The summed E-state index contributed by atoms with van der Waals surface area (Å²) in [5, 5.41) is 3.58. The summed E-state index contributed by atoms with van der Waals surface area (Å²) in [6.07, 6.45) is 2.25. The number of hydrogen-bond donors (Lipinski definition) is 1. The molecule has 0 amide bonds. The van der Waals surface area contributed by atoms with Gasteiger partial charge < -0.3 is 10.1 Å². The van der Waals surface area contributed by atoms with E-state index in [-0.39, 0.29) is 5.97 Å². The summed E-state index contributed by atoms with van der Waals surface area (Å²) in [6.45, 7) is 1.02. The lowest BCUT2D eigenvalue weighted by Crippen LogP contribution is -2.30. The lowest BCUT2D eigenvalue weighted by atomic mass is 9.84. The van der Waals surface area contributed by atoms with Crippen LogP contribution in [0.5, 0.6) is 0 Å². The molecule has 1 saturated heterocycles. The average Bonchev–Trinajstić information content (AvgIpc) is 2.62. The summed E-state index contributed by atoms with van der Waals surface area (Å²) >= 11 is 0. The fraction of sp³-hybridized carbons (Fsp3) is 0.316. The molecule has 3 nitrogen and oxygen atoms in total. The standard InChI is InChI=1S/C19H21NO2/c1-22-19(21)16-9-7-15(8-10-16)18-13-17(11-12-20-18)14-5-3-2-4-6-14/h2-10,17-18,20H,11-13H2,1H3/t17-,18+/m1/s1. The number of hydrogen-bond acceptors (Lipinski definition) is 3. The van der Waals surface area contributed by atoms with Crippen molar-refractivity contribution >= 4 is 5.97 Å². The number of methoxy groups -OCH3 is 1. The number of ether oxygens (including phenoxy) is 1. The van der Waals surface area contributed by atoms with Crippen LogP contribution < -0.4 is 5.32 Å². The van der Waals surface area contributed by atoms with Crippen molar-refractivity contribution in [3.63, 3.8) is 0 Å². The van der Waals surface area contributed by atoms with Crippen molar-refractivity contribution in [2.75, 3.05) is 13.7 Å². The Labute approximate surface area is 131 Å². The Morgan fingerprint density at radius 3 is 2.45 bits per heavy atom. The Hall–Kier alpha value is -2.13. The van der Waals surface area contributed by atoms with Crippen molar-refractivity contribution in [3.05, 3.63) is 71.3 Å². The first kappa shape index (κ1) is 14.8. The molecule has 0 radical (unpaired) electrons. The zero-order valence-electron chi connectivity index (χ0n) is 12.8. The van der Waals surface area contributed by atoms with Crippen LogP contribution >= 0.6 is 0 Å². The zero-order valence-corrected chi connectivity index (χ0v) is 12.8. The second kappa shape index (κ2) is 6.75. The number of nitrogens with one attached hydrogen (secondary N) is 1. The number of piperidine rings is 1. The van der Waals surface area contributed by atoms with Crippen LogP contribution in [0, 0.1) is 0 Å². The van der Waals surface area contributed by atoms with Gasteiger partial charge in [-0.2, -0.15) is 0 Å². The van der Waals surface area contributed by atoms with E-state index in [1.165, 1.54) is 24.7 Å². The third-order valence-corrected chi connectivity index (χ3v) is 4.41. The van der Waals surface area contributed by atoms with Crippen molar-refractivity contribution in [3.8, 4) is 0 Å². The minimum absolute atomic E-state index is 0.287. The predicted molar refractivity (Wildman–Crippen MR) is 86.9 cm³/mol. The Morgan fingerprint density at radius 1 is 1.05 bits per heavy atom. The van der Waals surface area contributed by atoms with E-state index in [0.29, 0.717) is 17.5 Å². The minimum Gasteiger partial charge on any atom is -0.465 e. The van der Waals surface area contributed by atoms with Crippen molar-refractivity contribution in [1.82, 2.24) is 5.32 Å². The molecular weight excluding hydrogens is 274 g/mol. The van der Waals surface area contributed by atoms with E-state index in [9.17, 15) is 4.79 Å². The normalized spacial score (nSPS) is 21.3. The van der Waals surface area contributed by atoms with Gasteiger partial charge in [-0.3, -0.25) is 0 Å². The van der Waals surface area contributed by atoms with E-state index in [1.54, 1.807) is 0 Å². The summed E-state index contributed by atoms with van der Waals surface area (Å²) in [6, 6.07) is 18.8. The molecule has 22 heavy (non-hydrogen) atoms. The predicted octanol–water partition coefficient (Wildman–Crippen LogP) is 3.68. The Morgan fingerprint density at radius 2 is 1.77 bits per heavy atom. The molecule has 0 aliphatic carbocycles. The number of rotatable bonds is 3. The first-order valence-corrected chi connectivity index (χ1v) is 7.74. The molecule has 114 valence electrons. The fourth-order valence-electron chi connectivity index (χ4n) is 3.17. The summed E-state index contributed by atoms with van der Waals surface area (Å²) in [4.78, 5) is 11.5. The second-order valence-electron chi connectivity index (χ2n) is 5.75. The monoisotopic (exact) mass is 295 g/mol. The van der Waals surface area contributed by atoms with Crippen LogP contribution in [0.3, 0.4) is 0 Å². The quantitative estimate of drug-likeness (QED) is 0.878. The van der Waals surface area contributed by atoms with Gasteiger partial charge in [0, 0.05) is 6.04 Å². The van der Waals surface area contributed by atoms with Crippen molar-refractivity contribution in [1.29, 1.82) is 0 Å². The van der Waals surface area contributed by atoms with Gasteiger partial charge in [-0.05, 0) is 48.6 Å². The van der Waals surface area contributed by atoms with Crippen molar-refractivity contribution in [2.45, 2.75) is 24.8 Å². The summed E-state index contributed by atoms with van der Waals surface area (Å²) in [5.41, 5.74) is 3.25. The Balaban J connectivity index is 1.73. The third-order valence-electron chi connectivity index (χ3n) is 4.41. The van der Waals surface area contributed by atoms with E-state index < -0.39 is 0 Å². The summed E-state index contributed by atoms with van der Waals surface area (Å²) < 4.78 is 4.74. The fourth-order valence-corrected chi connectivity index (χ4v) is 3.17. The average molecular weight is 295 g/mol. The smallest absolute Gasteiger partial charge is 0.337 e. The first-order valence-electron chi connectivity index (χ1n) is 7.74. The lowest BCUT2D eigenvalue weighted by Gasteiger charge is -2.31. The molecule has 3 heteroatoms. The van der Waals surface area contributed by atoms with Gasteiger partial charge >= 0.3 is 5.97 Å². The van der Waals surface area contributed by atoms with E-state index in [0.717, 1.165) is 13.0 Å². The zero-order chi connectivity index (χ0) is 15.4. The molecule has 0 spiro atoms. The molecule has 1 fully saturated rings. The van der Waals surface area contributed by atoms with E-state index in [4.69, 9.17) is 4.74 Å². The Kier molecular flexibility index (Phi) is 4.54. The van der Waals surface area contributed by atoms with E-state index in [1.807, 2.05) is 24.3 Å². The second-order valence-corrected chi connectivity index (χ2v) is 5.75. The first-order chi connectivity index (χ1) is 10.8. The van der Waals surface area contributed by atoms with Gasteiger partial charge in [-0.25, -0.2) is 4.79 Å². The minimum atomic E-state index is -0.287. The molecule has 0 aromatic heterocycles.